The molecule has 0 aliphatic heterocycles. The quantitative estimate of drug-likeness (QED) is 0.167. The van der Waals surface area contributed by atoms with Crippen LogP contribution in [0.3, 0.4) is 0 Å². The van der Waals surface area contributed by atoms with Crippen molar-refractivity contribution in [1.29, 1.82) is 0 Å². The average Bonchev–Trinajstić information content (AvgIpc) is 2.84. The summed E-state index contributed by atoms with van der Waals surface area (Å²) >= 11 is 0. The van der Waals surface area contributed by atoms with Crippen LogP contribution in [0, 0.1) is 23.7 Å². The normalized spacial score (nSPS) is 11.2. The second-order valence-electron chi connectivity index (χ2n) is 7.40. The zero-order valence-corrected chi connectivity index (χ0v) is 20.5. The fourth-order valence-corrected chi connectivity index (χ4v) is 3.78. The molecule has 0 aliphatic rings. The van der Waals surface area contributed by atoms with E-state index < -0.39 is 16.1 Å². The molecule has 186 valence electrons. The molecule has 0 amide bonds. The lowest BCUT2D eigenvalue weighted by atomic mass is 10.1. The van der Waals surface area contributed by atoms with Crippen LogP contribution in [0.15, 0.2) is 40.8 Å². The number of aliphatic hydroxyl groups excluding tert-OH is 2. The van der Waals surface area contributed by atoms with Gasteiger partial charge in [0.1, 0.15) is 6.61 Å². The van der Waals surface area contributed by atoms with Gasteiger partial charge in [-0.2, -0.15) is 8.42 Å². The minimum Gasteiger partial charge on any atom is -0.462 e. The van der Waals surface area contributed by atoms with Gasteiger partial charge in [0, 0.05) is 12.0 Å². The summed E-state index contributed by atoms with van der Waals surface area (Å²) in [5.41, 5.74) is 0.708. The average molecular weight is 491 g/mol. The summed E-state index contributed by atoms with van der Waals surface area (Å²) in [6, 6.07) is 5.58. The maximum Gasteiger partial charge on any atom is 0.338 e. The molecule has 34 heavy (non-hydrogen) atoms. The maximum atomic E-state index is 12.2. The number of hydrogen-bond donors (Lipinski definition) is 2. The predicted octanol–water partition coefficient (Wildman–Crippen LogP) is 3.61. The molecule has 0 atom stereocenters. The van der Waals surface area contributed by atoms with E-state index >= 15 is 0 Å². The van der Waals surface area contributed by atoms with Crippen LogP contribution in [0.1, 0.15) is 68.6 Å². The van der Waals surface area contributed by atoms with E-state index in [9.17, 15) is 13.2 Å². The zero-order chi connectivity index (χ0) is 25.1. The fraction of sp³-hybridized carbons (Fsp3) is 0.500. The van der Waals surface area contributed by atoms with E-state index in [-0.39, 0.29) is 36.9 Å². The van der Waals surface area contributed by atoms with Crippen LogP contribution in [0.2, 0.25) is 0 Å². The first-order valence-electron chi connectivity index (χ1n) is 11.4. The second kappa shape index (κ2) is 17.8. The minimum absolute atomic E-state index is 0.110. The van der Waals surface area contributed by atoms with E-state index in [1.807, 2.05) is 0 Å². The van der Waals surface area contributed by atoms with Gasteiger partial charge >= 0.3 is 5.97 Å². The number of rotatable bonds is 15. The Hall–Kier alpha value is -2.62. The molecule has 0 saturated heterocycles. The van der Waals surface area contributed by atoms with Gasteiger partial charge in [-0.1, -0.05) is 55.9 Å². The summed E-state index contributed by atoms with van der Waals surface area (Å²) in [5.74, 6) is 10.4. The number of benzene rings is 1. The minimum atomic E-state index is -3.98. The van der Waals surface area contributed by atoms with E-state index in [1.54, 1.807) is 6.92 Å². The highest BCUT2D eigenvalue weighted by Gasteiger charge is 2.17. The number of carbonyl (C=O) groups excluding carboxylic acids is 1. The fourth-order valence-electron chi connectivity index (χ4n) is 2.91. The van der Waals surface area contributed by atoms with Gasteiger partial charge in [-0.3, -0.25) is 4.18 Å². The van der Waals surface area contributed by atoms with E-state index in [4.69, 9.17) is 19.1 Å². The van der Waals surface area contributed by atoms with Crippen LogP contribution in [-0.4, -0.2) is 51.0 Å². The van der Waals surface area contributed by atoms with Crippen molar-refractivity contribution in [2.24, 2.45) is 0 Å². The molecule has 0 saturated carbocycles. The lowest BCUT2D eigenvalue weighted by molar-refractivity contribution is 0.0497. The third-order valence-electron chi connectivity index (χ3n) is 4.76. The molecule has 0 radical (unpaired) electrons. The lowest BCUT2D eigenvalue weighted by Gasteiger charge is -2.07. The summed E-state index contributed by atoms with van der Waals surface area (Å²) in [4.78, 5) is 12.1. The Morgan fingerprint density at radius 1 is 1.03 bits per heavy atom. The van der Waals surface area contributed by atoms with Crippen molar-refractivity contribution in [1.82, 2.24) is 0 Å². The molecule has 0 unspecified atom stereocenters. The first-order valence-corrected chi connectivity index (χ1v) is 12.8. The van der Waals surface area contributed by atoms with Gasteiger partial charge in [-0.25, -0.2) is 4.79 Å². The third kappa shape index (κ3) is 12.6. The van der Waals surface area contributed by atoms with Crippen LogP contribution in [0.5, 0.6) is 0 Å². The van der Waals surface area contributed by atoms with Crippen molar-refractivity contribution in [3.05, 3.63) is 41.5 Å². The second-order valence-corrected chi connectivity index (χ2v) is 9.02. The Bertz CT molecular complexity index is 1000. The molecule has 8 heteroatoms. The molecular weight excluding hydrogens is 456 g/mol. The number of hydrogen-bond acceptors (Lipinski definition) is 7. The summed E-state index contributed by atoms with van der Waals surface area (Å²) < 4.78 is 34.3. The Morgan fingerprint density at radius 2 is 1.74 bits per heavy atom. The van der Waals surface area contributed by atoms with E-state index in [0.717, 1.165) is 51.4 Å². The number of ether oxygens (including phenoxy) is 1. The number of esters is 1. The van der Waals surface area contributed by atoms with Crippen molar-refractivity contribution in [2.75, 3.05) is 26.4 Å². The van der Waals surface area contributed by atoms with Gasteiger partial charge in [-0.05, 0) is 44.0 Å². The van der Waals surface area contributed by atoms with Crippen molar-refractivity contribution >= 4 is 16.1 Å². The van der Waals surface area contributed by atoms with Gasteiger partial charge in [-0.15, -0.1) is 5.92 Å². The SMILES string of the molecule is CC#CCOS(=O)(=O)c1cccc(C(=O)OCCCCCCCCCC#C/C(=C/CO)CO)c1. The number of carbonyl (C=O) groups is 1. The molecule has 7 nitrogen and oxygen atoms in total. The summed E-state index contributed by atoms with van der Waals surface area (Å²) in [5, 5.41) is 17.8. The molecule has 1 aromatic rings. The summed E-state index contributed by atoms with van der Waals surface area (Å²) in [6.45, 7) is 1.35. The van der Waals surface area contributed by atoms with Crippen molar-refractivity contribution in [3.63, 3.8) is 0 Å². The number of unbranched alkanes of at least 4 members (excludes halogenated alkanes) is 7. The van der Waals surface area contributed by atoms with Crippen LogP contribution in [0.4, 0.5) is 0 Å². The molecule has 2 N–H and O–H groups in total. The molecular formula is C26H34O7S. The smallest absolute Gasteiger partial charge is 0.338 e. The molecule has 0 aromatic heterocycles. The standard InChI is InChI=1S/C26H34O7S/c1-2-3-20-33-34(30,31)25-16-13-15-24(21-25)26(29)32-19-12-10-8-6-4-5-7-9-11-14-23(22-28)17-18-27/h13,15-17,21,27-28H,4-10,12,18-20,22H2,1H3/b23-17-. The molecule has 1 rings (SSSR count). The Kier molecular flexibility index (Phi) is 15.4. The monoisotopic (exact) mass is 490 g/mol. The third-order valence-corrected chi connectivity index (χ3v) is 6.02. The molecule has 0 aliphatic carbocycles. The van der Waals surface area contributed by atoms with E-state index in [0.29, 0.717) is 5.57 Å². The first-order chi connectivity index (χ1) is 16.4. The molecule has 0 spiro atoms. The zero-order valence-electron chi connectivity index (χ0n) is 19.7. The van der Waals surface area contributed by atoms with Crippen molar-refractivity contribution in [3.8, 4) is 23.7 Å². The highest BCUT2D eigenvalue weighted by atomic mass is 32.2. The predicted molar refractivity (Wildman–Crippen MR) is 130 cm³/mol. The van der Waals surface area contributed by atoms with Crippen LogP contribution >= 0.6 is 0 Å². The van der Waals surface area contributed by atoms with Crippen LogP contribution in [-0.2, 0) is 19.0 Å². The maximum absolute atomic E-state index is 12.2. The van der Waals surface area contributed by atoms with Crippen molar-refractivity contribution < 1.29 is 32.3 Å². The Labute approximate surface area is 203 Å². The van der Waals surface area contributed by atoms with E-state index in [1.165, 1.54) is 30.3 Å². The molecule has 0 fully saturated rings. The number of aliphatic hydroxyl groups is 2. The first kappa shape index (κ1) is 29.4. The van der Waals surface area contributed by atoms with E-state index in [2.05, 4.69) is 23.7 Å². The topological polar surface area (TPSA) is 110 Å². The van der Waals surface area contributed by atoms with Crippen molar-refractivity contribution in [2.45, 2.75) is 63.2 Å². The highest BCUT2D eigenvalue weighted by molar-refractivity contribution is 7.86. The molecule has 0 heterocycles. The van der Waals surface area contributed by atoms with Gasteiger partial charge in [0.15, 0.2) is 0 Å². The highest BCUT2D eigenvalue weighted by Crippen LogP contribution is 2.15. The summed E-state index contributed by atoms with van der Waals surface area (Å²) in [6.07, 6.45) is 9.28. The van der Waals surface area contributed by atoms with Gasteiger partial charge in [0.2, 0.25) is 0 Å². The lowest BCUT2D eigenvalue weighted by Crippen LogP contribution is -2.10. The Morgan fingerprint density at radius 3 is 2.41 bits per heavy atom. The largest absolute Gasteiger partial charge is 0.462 e. The Balaban J connectivity index is 2.21. The molecule has 0 bridgehead atoms. The molecule has 1 aromatic carbocycles. The van der Waals surface area contributed by atoms with Crippen LogP contribution < -0.4 is 0 Å². The van der Waals surface area contributed by atoms with Gasteiger partial charge in [0.05, 0.1) is 30.3 Å². The van der Waals surface area contributed by atoms with Gasteiger partial charge < -0.3 is 14.9 Å². The van der Waals surface area contributed by atoms with Crippen LogP contribution in [0.25, 0.3) is 0 Å². The summed E-state index contributed by atoms with van der Waals surface area (Å²) in [7, 11) is -3.98. The van der Waals surface area contributed by atoms with Gasteiger partial charge in [0.25, 0.3) is 10.1 Å².